The van der Waals surface area contributed by atoms with E-state index in [1.165, 1.54) is 50.8 Å². The van der Waals surface area contributed by atoms with E-state index in [2.05, 4.69) is 41.5 Å². The van der Waals surface area contributed by atoms with Crippen LogP contribution in [-0.4, -0.2) is 31.1 Å². The van der Waals surface area contributed by atoms with Crippen LogP contribution < -0.4 is 5.32 Å². The fraction of sp³-hybridized carbons (Fsp3) is 0.625. The first kappa shape index (κ1) is 12.2. The molecule has 3 rings (SSSR count). The van der Waals surface area contributed by atoms with Crippen molar-refractivity contribution in [1.29, 1.82) is 0 Å². The second kappa shape index (κ2) is 5.41. The van der Waals surface area contributed by atoms with Gasteiger partial charge in [0.1, 0.15) is 0 Å². The van der Waals surface area contributed by atoms with Gasteiger partial charge in [-0.3, -0.25) is 4.90 Å². The third kappa shape index (κ3) is 2.19. The average Bonchev–Trinajstić information content (AvgIpc) is 2.86. The van der Waals surface area contributed by atoms with Crippen molar-refractivity contribution < 1.29 is 0 Å². The molecule has 0 saturated carbocycles. The van der Waals surface area contributed by atoms with Crippen LogP contribution in [0.4, 0.5) is 0 Å². The third-order valence-electron chi connectivity index (χ3n) is 4.64. The van der Waals surface area contributed by atoms with Crippen LogP contribution in [0.25, 0.3) is 0 Å². The first-order chi connectivity index (χ1) is 8.90. The number of nitrogens with zero attached hydrogens (tertiary/aromatic N) is 1. The van der Waals surface area contributed by atoms with Crippen LogP contribution in [-0.2, 0) is 6.42 Å². The number of nitrogens with one attached hydrogen (secondary N) is 1. The molecule has 2 unspecified atom stereocenters. The third-order valence-corrected chi connectivity index (χ3v) is 4.64. The number of rotatable bonds is 2. The second-order valence-corrected chi connectivity index (χ2v) is 5.67. The van der Waals surface area contributed by atoms with Gasteiger partial charge in [0.25, 0.3) is 0 Å². The summed E-state index contributed by atoms with van der Waals surface area (Å²) in [5, 5.41) is 3.59. The summed E-state index contributed by atoms with van der Waals surface area (Å²) in [6.45, 7) is 2.59. The van der Waals surface area contributed by atoms with Gasteiger partial charge < -0.3 is 5.32 Å². The van der Waals surface area contributed by atoms with E-state index in [0.717, 1.165) is 0 Å². The standard InChI is InChI=1S/C16H24N2/c1-17-16-14-9-3-2-7-13(14)8-6-10-15(16)18-11-4-5-12-18/h2-3,7,9,15-17H,4-6,8,10-12H2,1H3. The van der Waals surface area contributed by atoms with Gasteiger partial charge in [-0.05, 0) is 63.4 Å². The zero-order valence-corrected chi connectivity index (χ0v) is 11.4. The van der Waals surface area contributed by atoms with E-state index in [9.17, 15) is 0 Å². The Bertz CT molecular complexity index is 396. The lowest BCUT2D eigenvalue weighted by molar-refractivity contribution is 0.186. The molecular weight excluding hydrogens is 220 g/mol. The molecule has 1 aromatic rings. The number of benzene rings is 1. The average molecular weight is 244 g/mol. The van der Waals surface area contributed by atoms with E-state index < -0.39 is 0 Å². The largest absolute Gasteiger partial charge is 0.312 e. The van der Waals surface area contributed by atoms with Gasteiger partial charge in [-0.2, -0.15) is 0 Å². The fourth-order valence-corrected chi connectivity index (χ4v) is 3.76. The van der Waals surface area contributed by atoms with Crippen LogP contribution in [0, 0.1) is 0 Å². The molecule has 2 nitrogen and oxygen atoms in total. The van der Waals surface area contributed by atoms with Crippen molar-refractivity contribution in [2.75, 3.05) is 20.1 Å². The summed E-state index contributed by atoms with van der Waals surface area (Å²) < 4.78 is 0. The maximum atomic E-state index is 3.59. The number of hydrogen-bond acceptors (Lipinski definition) is 2. The molecule has 1 aliphatic heterocycles. The van der Waals surface area contributed by atoms with E-state index in [-0.39, 0.29) is 0 Å². The Hall–Kier alpha value is -0.860. The summed E-state index contributed by atoms with van der Waals surface area (Å²) in [6.07, 6.45) is 6.68. The summed E-state index contributed by atoms with van der Waals surface area (Å²) in [4.78, 5) is 2.71. The molecule has 1 aromatic carbocycles. The fourth-order valence-electron chi connectivity index (χ4n) is 3.76. The maximum Gasteiger partial charge on any atom is 0.0478 e. The van der Waals surface area contributed by atoms with Gasteiger partial charge in [0.2, 0.25) is 0 Å². The van der Waals surface area contributed by atoms with Gasteiger partial charge in [-0.15, -0.1) is 0 Å². The highest BCUT2D eigenvalue weighted by Gasteiger charge is 2.31. The minimum absolute atomic E-state index is 0.516. The Kier molecular flexibility index (Phi) is 3.67. The molecule has 1 fully saturated rings. The highest BCUT2D eigenvalue weighted by Crippen LogP contribution is 2.33. The molecule has 1 saturated heterocycles. The van der Waals surface area contributed by atoms with Crippen molar-refractivity contribution in [3.05, 3.63) is 35.4 Å². The lowest BCUT2D eigenvalue weighted by atomic mass is 9.95. The van der Waals surface area contributed by atoms with Crippen molar-refractivity contribution in [2.45, 2.75) is 44.2 Å². The molecule has 18 heavy (non-hydrogen) atoms. The Morgan fingerprint density at radius 2 is 1.89 bits per heavy atom. The number of likely N-dealkylation sites (tertiary alicyclic amines) is 1. The van der Waals surface area contributed by atoms with Crippen molar-refractivity contribution in [3.63, 3.8) is 0 Å². The number of likely N-dealkylation sites (N-methyl/N-ethyl adjacent to an activating group) is 1. The molecule has 98 valence electrons. The van der Waals surface area contributed by atoms with Crippen molar-refractivity contribution in [1.82, 2.24) is 10.2 Å². The lowest BCUT2D eigenvalue weighted by Crippen LogP contribution is -2.42. The number of hydrogen-bond donors (Lipinski definition) is 1. The summed E-state index contributed by atoms with van der Waals surface area (Å²) in [5.41, 5.74) is 3.09. The lowest BCUT2D eigenvalue weighted by Gasteiger charge is -2.34. The topological polar surface area (TPSA) is 15.3 Å². The highest BCUT2D eigenvalue weighted by atomic mass is 15.2. The van der Waals surface area contributed by atoms with Crippen LogP contribution >= 0.6 is 0 Å². The molecule has 0 spiro atoms. The molecule has 2 heteroatoms. The van der Waals surface area contributed by atoms with E-state index in [1.807, 2.05) is 0 Å². The van der Waals surface area contributed by atoms with Crippen molar-refractivity contribution in [2.24, 2.45) is 0 Å². The van der Waals surface area contributed by atoms with Crippen molar-refractivity contribution >= 4 is 0 Å². The smallest absolute Gasteiger partial charge is 0.0478 e. The van der Waals surface area contributed by atoms with Crippen LogP contribution in [0.5, 0.6) is 0 Å². The minimum atomic E-state index is 0.516. The highest BCUT2D eigenvalue weighted by molar-refractivity contribution is 5.32. The Balaban J connectivity index is 1.91. The maximum absolute atomic E-state index is 3.59. The summed E-state index contributed by atoms with van der Waals surface area (Å²) in [6, 6.07) is 10.2. The van der Waals surface area contributed by atoms with Crippen LogP contribution in [0.15, 0.2) is 24.3 Å². The van der Waals surface area contributed by atoms with Crippen LogP contribution in [0.1, 0.15) is 42.9 Å². The normalized spacial score (nSPS) is 28.9. The van der Waals surface area contributed by atoms with Gasteiger partial charge in [0.15, 0.2) is 0 Å². The predicted octanol–water partition coefficient (Wildman–Crippen LogP) is 2.75. The van der Waals surface area contributed by atoms with E-state index in [1.54, 1.807) is 5.56 Å². The van der Waals surface area contributed by atoms with Crippen molar-refractivity contribution in [3.8, 4) is 0 Å². The first-order valence-electron chi connectivity index (χ1n) is 7.39. The number of fused-ring (bicyclic) bond motifs is 1. The molecule has 0 radical (unpaired) electrons. The summed E-state index contributed by atoms with van der Waals surface area (Å²) in [5.74, 6) is 0. The molecule has 0 amide bonds. The van der Waals surface area contributed by atoms with Gasteiger partial charge in [-0.1, -0.05) is 24.3 Å². The van der Waals surface area contributed by atoms with E-state index in [4.69, 9.17) is 0 Å². The Labute approximate surface area is 110 Å². The quantitative estimate of drug-likeness (QED) is 0.805. The zero-order valence-electron chi connectivity index (χ0n) is 11.4. The van der Waals surface area contributed by atoms with E-state index >= 15 is 0 Å². The van der Waals surface area contributed by atoms with Gasteiger partial charge in [0, 0.05) is 12.1 Å². The Morgan fingerprint density at radius 1 is 1.11 bits per heavy atom. The molecule has 2 atom stereocenters. The van der Waals surface area contributed by atoms with Crippen LogP contribution in [0.2, 0.25) is 0 Å². The van der Waals surface area contributed by atoms with Gasteiger partial charge in [-0.25, -0.2) is 0 Å². The first-order valence-corrected chi connectivity index (χ1v) is 7.39. The molecule has 0 bridgehead atoms. The second-order valence-electron chi connectivity index (χ2n) is 5.67. The molecule has 1 heterocycles. The van der Waals surface area contributed by atoms with Crippen LogP contribution in [0.3, 0.4) is 0 Å². The summed E-state index contributed by atoms with van der Waals surface area (Å²) >= 11 is 0. The molecule has 1 N–H and O–H groups in total. The predicted molar refractivity (Wildman–Crippen MR) is 75.8 cm³/mol. The van der Waals surface area contributed by atoms with E-state index in [0.29, 0.717) is 12.1 Å². The minimum Gasteiger partial charge on any atom is -0.312 e. The molecule has 2 aliphatic rings. The zero-order chi connectivity index (χ0) is 12.4. The monoisotopic (exact) mass is 244 g/mol. The van der Waals surface area contributed by atoms with Gasteiger partial charge >= 0.3 is 0 Å². The number of aryl methyl sites for hydroxylation is 1. The Morgan fingerprint density at radius 3 is 2.67 bits per heavy atom. The van der Waals surface area contributed by atoms with Gasteiger partial charge in [0.05, 0.1) is 0 Å². The SMILES string of the molecule is CNC1c2ccccc2CCCC1N1CCCC1. The molecular formula is C16H24N2. The summed E-state index contributed by atoms with van der Waals surface area (Å²) in [7, 11) is 2.12. The molecule has 1 aliphatic carbocycles. The molecule has 0 aromatic heterocycles.